The minimum absolute atomic E-state index is 0.0420. The van der Waals surface area contributed by atoms with Crippen LogP contribution in [0.4, 0.5) is 0 Å². The normalized spacial score (nSPS) is 16.4. The van der Waals surface area contributed by atoms with Crippen molar-refractivity contribution in [3.05, 3.63) is 54.1 Å². The number of aryl methyl sites for hydroxylation is 1. The van der Waals surface area contributed by atoms with Crippen LogP contribution in [0.1, 0.15) is 75.6 Å². The average Bonchev–Trinajstić information content (AvgIpc) is 3.17. The zero-order chi connectivity index (χ0) is 19.1. The Morgan fingerprint density at radius 3 is 2.63 bits per heavy atom. The highest BCUT2D eigenvalue weighted by Gasteiger charge is 2.25. The molecule has 1 saturated carbocycles. The first-order valence-electron chi connectivity index (χ1n) is 10.1. The maximum absolute atomic E-state index is 12.8. The highest BCUT2D eigenvalue weighted by Crippen LogP contribution is 2.25. The van der Waals surface area contributed by atoms with Gasteiger partial charge in [-0.1, -0.05) is 63.4 Å². The lowest BCUT2D eigenvalue weighted by molar-refractivity contribution is -0.303. The van der Waals surface area contributed by atoms with Crippen molar-refractivity contribution in [1.29, 1.82) is 0 Å². The van der Waals surface area contributed by atoms with Crippen LogP contribution in [0.2, 0.25) is 0 Å². The molecule has 0 bridgehead atoms. The Hall–Kier alpha value is -2.14. The van der Waals surface area contributed by atoms with Crippen molar-refractivity contribution in [2.45, 2.75) is 76.9 Å². The molecular weight excluding hydrogens is 340 g/mol. The summed E-state index contributed by atoms with van der Waals surface area (Å²) in [5.41, 5.74) is 0.959. The van der Waals surface area contributed by atoms with E-state index >= 15 is 0 Å². The third-order valence-electron chi connectivity index (χ3n) is 5.23. The van der Waals surface area contributed by atoms with E-state index in [1.807, 2.05) is 42.7 Å². The van der Waals surface area contributed by atoms with Crippen molar-refractivity contribution < 1.29 is 14.6 Å². The Morgan fingerprint density at radius 2 is 1.93 bits per heavy atom. The molecular formula is C22H30N2O3. The van der Waals surface area contributed by atoms with Crippen LogP contribution in [0.3, 0.4) is 0 Å². The topological polar surface area (TPSA) is 53.4 Å². The molecule has 0 saturated heterocycles. The number of nitrogens with zero attached hydrogens (tertiary/aromatic N) is 2. The summed E-state index contributed by atoms with van der Waals surface area (Å²) in [4.78, 5) is 28.0. The Balaban J connectivity index is 1.65. The second-order valence-corrected chi connectivity index (χ2v) is 7.64. The van der Waals surface area contributed by atoms with Crippen LogP contribution < -0.4 is 0 Å². The van der Waals surface area contributed by atoms with Gasteiger partial charge in [-0.05, 0) is 24.8 Å². The summed E-state index contributed by atoms with van der Waals surface area (Å²) in [5, 5.41) is 0. The molecule has 3 rings (SSSR count). The number of hydrogen-bond donors (Lipinski definition) is 0. The fraction of sp³-hybridized carbons (Fsp3) is 0.545. The molecule has 5 nitrogen and oxygen atoms in total. The zero-order valence-corrected chi connectivity index (χ0v) is 16.3. The number of benzene rings is 1. The quantitative estimate of drug-likeness (QED) is 0.485. The highest BCUT2D eigenvalue weighted by molar-refractivity contribution is 5.77. The first-order chi connectivity index (χ1) is 13.1. The molecule has 1 aromatic heterocycles. The van der Waals surface area contributed by atoms with Gasteiger partial charge in [0.2, 0.25) is 0 Å². The lowest BCUT2D eigenvalue weighted by Gasteiger charge is -2.22. The van der Waals surface area contributed by atoms with Crippen LogP contribution in [0, 0.1) is 0 Å². The van der Waals surface area contributed by atoms with Gasteiger partial charge < -0.3 is 4.57 Å². The molecule has 1 aliphatic carbocycles. The smallest absolute Gasteiger partial charge is 0.335 e. The first-order valence-corrected chi connectivity index (χ1v) is 10.1. The molecule has 0 radical (unpaired) electrons. The molecule has 1 atom stereocenters. The van der Waals surface area contributed by atoms with Gasteiger partial charge in [0.05, 0.1) is 5.92 Å². The molecule has 146 valence electrons. The molecule has 1 heterocycles. The third kappa shape index (κ3) is 5.42. The number of imidazole rings is 1. The van der Waals surface area contributed by atoms with E-state index in [0.717, 1.165) is 37.1 Å². The highest BCUT2D eigenvalue weighted by atomic mass is 17.2. The largest absolute Gasteiger partial charge is 0.349 e. The molecule has 0 aliphatic heterocycles. The number of hydrogen-bond acceptors (Lipinski definition) is 4. The van der Waals surface area contributed by atoms with Gasteiger partial charge in [0.15, 0.2) is 0 Å². The van der Waals surface area contributed by atoms with E-state index in [2.05, 4.69) is 23.4 Å². The molecule has 5 heteroatoms. The third-order valence-corrected chi connectivity index (χ3v) is 5.23. The van der Waals surface area contributed by atoms with E-state index < -0.39 is 0 Å². The van der Waals surface area contributed by atoms with Crippen LogP contribution in [-0.4, -0.2) is 21.6 Å². The second kappa shape index (κ2) is 9.70. The molecule has 27 heavy (non-hydrogen) atoms. The van der Waals surface area contributed by atoms with Gasteiger partial charge in [0.1, 0.15) is 11.9 Å². The van der Waals surface area contributed by atoms with Gasteiger partial charge in [-0.3, -0.25) is 4.89 Å². The van der Waals surface area contributed by atoms with Crippen molar-refractivity contribution in [2.75, 3.05) is 0 Å². The molecule has 1 unspecified atom stereocenters. The summed E-state index contributed by atoms with van der Waals surface area (Å²) in [6, 6.07) is 9.81. The molecule has 0 N–H and O–H groups in total. The fourth-order valence-electron chi connectivity index (χ4n) is 3.72. The number of carbonyl (C=O) groups excluding carboxylic acids is 1. The number of aromatic nitrogens is 2. The van der Waals surface area contributed by atoms with Crippen LogP contribution in [0.25, 0.3) is 0 Å². The molecule has 0 amide bonds. The molecule has 1 aromatic carbocycles. The van der Waals surface area contributed by atoms with Crippen LogP contribution in [0.5, 0.6) is 0 Å². The second-order valence-electron chi connectivity index (χ2n) is 7.64. The standard InChI is InChI=1S/C22H30N2O3/c1-17(2)21-23-14-16-24(21)15-13-20(18-9-5-3-6-10-18)22(25)27-26-19-11-7-4-8-12-19/h3,5-6,9-10,14,16-17,19-20H,4,7-8,11-13,15H2,1-2H3. The summed E-state index contributed by atoms with van der Waals surface area (Å²) in [5.74, 6) is 0.723. The summed E-state index contributed by atoms with van der Waals surface area (Å²) >= 11 is 0. The fourth-order valence-corrected chi connectivity index (χ4v) is 3.72. The van der Waals surface area contributed by atoms with Crippen molar-refractivity contribution in [3.63, 3.8) is 0 Å². The van der Waals surface area contributed by atoms with Gasteiger partial charge in [0.25, 0.3) is 0 Å². The lowest BCUT2D eigenvalue weighted by atomic mass is 9.96. The minimum atomic E-state index is -0.350. The van der Waals surface area contributed by atoms with Crippen LogP contribution >= 0.6 is 0 Å². The van der Waals surface area contributed by atoms with Gasteiger partial charge in [-0.2, -0.15) is 4.89 Å². The van der Waals surface area contributed by atoms with Crippen LogP contribution in [0.15, 0.2) is 42.7 Å². The zero-order valence-electron chi connectivity index (χ0n) is 16.3. The van der Waals surface area contributed by atoms with Gasteiger partial charge in [0, 0.05) is 24.9 Å². The van der Waals surface area contributed by atoms with Crippen molar-refractivity contribution in [1.82, 2.24) is 9.55 Å². The molecule has 1 aliphatic rings. The minimum Gasteiger partial charge on any atom is -0.335 e. The molecule has 2 aromatic rings. The van der Waals surface area contributed by atoms with Crippen molar-refractivity contribution in [2.24, 2.45) is 0 Å². The molecule has 0 spiro atoms. The predicted octanol–water partition coefficient (Wildman–Crippen LogP) is 4.99. The van der Waals surface area contributed by atoms with Gasteiger partial charge in [-0.25, -0.2) is 9.78 Å². The Morgan fingerprint density at radius 1 is 1.19 bits per heavy atom. The maximum Gasteiger partial charge on any atom is 0.349 e. The van der Waals surface area contributed by atoms with E-state index in [-0.39, 0.29) is 18.0 Å². The first kappa shape index (κ1) is 19.6. The molecule has 1 fully saturated rings. The SMILES string of the molecule is CC(C)c1nccn1CCC(C(=O)OOC1CCCCC1)c1ccccc1. The van der Waals surface area contributed by atoms with Gasteiger partial charge >= 0.3 is 5.97 Å². The summed E-state index contributed by atoms with van der Waals surface area (Å²) in [6.45, 7) is 4.96. The Bertz CT molecular complexity index is 705. The Kier molecular flexibility index (Phi) is 7.04. The van der Waals surface area contributed by atoms with E-state index in [1.165, 1.54) is 6.42 Å². The monoisotopic (exact) mass is 370 g/mol. The van der Waals surface area contributed by atoms with E-state index in [0.29, 0.717) is 18.9 Å². The summed E-state index contributed by atoms with van der Waals surface area (Å²) in [6.07, 6.45) is 9.94. The van der Waals surface area contributed by atoms with Gasteiger partial charge in [-0.15, -0.1) is 0 Å². The van der Waals surface area contributed by atoms with E-state index in [9.17, 15) is 4.79 Å². The van der Waals surface area contributed by atoms with Crippen LogP contribution in [-0.2, 0) is 21.1 Å². The van der Waals surface area contributed by atoms with Crippen molar-refractivity contribution in [3.8, 4) is 0 Å². The number of carbonyl (C=O) groups is 1. The average molecular weight is 370 g/mol. The lowest BCUT2D eigenvalue weighted by Crippen LogP contribution is -2.23. The maximum atomic E-state index is 12.8. The van der Waals surface area contributed by atoms with E-state index in [4.69, 9.17) is 9.78 Å². The van der Waals surface area contributed by atoms with E-state index in [1.54, 1.807) is 0 Å². The Labute approximate surface area is 161 Å². The summed E-state index contributed by atoms with van der Waals surface area (Å²) < 4.78 is 2.12. The van der Waals surface area contributed by atoms with Crippen molar-refractivity contribution >= 4 is 5.97 Å². The summed E-state index contributed by atoms with van der Waals surface area (Å²) in [7, 11) is 0. The predicted molar refractivity (Wildman–Crippen MR) is 104 cm³/mol. The number of rotatable bonds is 8.